The molecule has 0 radical (unpaired) electrons. The van der Waals surface area contributed by atoms with E-state index in [-0.39, 0.29) is 0 Å². The molecule has 1 aromatic carbocycles. The van der Waals surface area contributed by atoms with Gasteiger partial charge >= 0.3 is 6.18 Å². The SMILES string of the molecule is Cc1ccc([C@H](C)C(F)(F)F)cc1. The zero-order valence-corrected chi connectivity index (χ0v) is 7.52. The highest BCUT2D eigenvalue weighted by Gasteiger charge is 2.36. The molecule has 1 aromatic rings. The minimum Gasteiger partial charge on any atom is -0.170 e. The molecule has 0 aromatic heterocycles. The Balaban J connectivity index is 2.90. The predicted octanol–water partition coefficient (Wildman–Crippen LogP) is 3.66. The van der Waals surface area contributed by atoms with Crippen LogP contribution in [0.1, 0.15) is 24.0 Å². The van der Waals surface area contributed by atoms with E-state index in [4.69, 9.17) is 0 Å². The summed E-state index contributed by atoms with van der Waals surface area (Å²) in [6, 6.07) is 6.43. The van der Waals surface area contributed by atoms with Crippen LogP contribution in [0.4, 0.5) is 13.2 Å². The molecule has 0 spiro atoms. The minimum atomic E-state index is -4.14. The molecular formula is C10H11F3. The zero-order valence-electron chi connectivity index (χ0n) is 7.52. The van der Waals surface area contributed by atoms with Crippen LogP contribution in [-0.2, 0) is 0 Å². The first-order chi connectivity index (χ1) is 5.91. The molecule has 0 aliphatic heterocycles. The molecule has 0 aliphatic carbocycles. The molecule has 0 aliphatic rings. The van der Waals surface area contributed by atoms with E-state index in [1.165, 1.54) is 19.1 Å². The van der Waals surface area contributed by atoms with Crippen molar-refractivity contribution in [1.82, 2.24) is 0 Å². The van der Waals surface area contributed by atoms with Crippen LogP contribution in [0.3, 0.4) is 0 Å². The number of aryl methyl sites for hydroxylation is 1. The quantitative estimate of drug-likeness (QED) is 0.630. The van der Waals surface area contributed by atoms with Gasteiger partial charge in [0.1, 0.15) is 0 Å². The number of hydrogen-bond acceptors (Lipinski definition) is 0. The second-order valence-electron chi connectivity index (χ2n) is 3.17. The molecule has 1 atom stereocenters. The molecule has 72 valence electrons. The van der Waals surface area contributed by atoms with E-state index in [2.05, 4.69) is 0 Å². The van der Waals surface area contributed by atoms with Gasteiger partial charge in [0, 0.05) is 0 Å². The highest BCUT2D eigenvalue weighted by molar-refractivity contribution is 5.24. The third-order valence-corrected chi connectivity index (χ3v) is 2.07. The molecule has 0 saturated heterocycles. The molecule has 13 heavy (non-hydrogen) atoms. The van der Waals surface area contributed by atoms with Crippen molar-refractivity contribution < 1.29 is 13.2 Å². The van der Waals surface area contributed by atoms with Gasteiger partial charge < -0.3 is 0 Å². The Labute approximate surface area is 75.4 Å². The summed E-state index contributed by atoms with van der Waals surface area (Å²) in [5.74, 6) is -1.38. The van der Waals surface area contributed by atoms with Gasteiger partial charge in [0.25, 0.3) is 0 Å². The summed E-state index contributed by atoms with van der Waals surface area (Å²) in [4.78, 5) is 0. The van der Waals surface area contributed by atoms with E-state index in [9.17, 15) is 13.2 Å². The van der Waals surface area contributed by atoms with Crippen LogP contribution in [0, 0.1) is 6.92 Å². The third-order valence-electron chi connectivity index (χ3n) is 2.07. The van der Waals surface area contributed by atoms with Gasteiger partial charge in [-0.1, -0.05) is 29.8 Å². The van der Waals surface area contributed by atoms with Crippen molar-refractivity contribution in [3.8, 4) is 0 Å². The highest BCUT2D eigenvalue weighted by atomic mass is 19.4. The molecular weight excluding hydrogens is 177 g/mol. The molecule has 1 rings (SSSR count). The van der Waals surface area contributed by atoms with E-state index in [1.807, 2.05) is 6.92 Å². The van der Waals surface area contributed by atoms with Crippen molar-refractivity contribution in [2.24, 2.45) is 0 Å². The fraction of sp³-hybridized carbons (Fsp3) is 0.400. The van der Waals surface area contributed by atoms with Crippen LogP contribution >= 0.6 is 0 Å². The lowest BCUT2D eigenvalue weighted by Gasteiger charge is -2.15. The summed E-state index contributed by atoms with van der Waals surface area (Å²) in [5, 5.41) is 0. The standard InChI is InChI=1S/C10H11F3/c1-7-3-5-9(6-4-7)8(2)10(11,12)13/h3-6,8H,1-2H3/t8-/m0/s1. The van der Waals surface area contributed by atoms with E-state index >= 15 is 0 Å². The predicted molar refractivity (Wildman–Crippen MR) is 45.6 cm³/mol. The number of hydrogen-bond donors (Lipinski definition) is 0. The zero-order chi connectivity index (χ0) is 10.1. The Morgan fingerprint density at radius 3 is 1.92 bits per heavy atom. The van der Waals surface area contributed by atoms with Gasteiger partial charge in [0.2, 0.25) is 0 Å². The Morgan fingerprint density at radius 2 is 1.54 bits per heavy atom. The smallest absolute Gasteiger partial charge is 0.170 e. The lowest BCUT2D eigenvalue weighted by atomic mass is 10.00. The molecule has 0 amide bonds. The van der Waals surface area contributed by atoms with Crippen molar-refractivity contribution in [3.63, 3.8) is 0 Å². The average molecular weight is 188 g/mol. The molecule has 3 heteroatoms. The van der Waals surface area contributed by atoms with Crippen molar-refractivity contribution in [1.29, 1.82) is 0 Å². The number of benzene rings is 1. The second-order valence-corrected chi connectivity index (χ2v) is 3.17. The van der Waals surface area contributed by atoms with Crippen molar-refractivity contribution in [2.75, 3.05) is 0 Å². The average Bonchev–Trinajstić information content (AvgIpc) is 2.03. The van der Waals surface area contributed by atoms with Gasteiger partial charge in [-0.15, -0.1) is 0 Å². The van der Waals surface area contributed by atoms with E-state index in [1.54, 1.807) is 12.1 Å². The number of rotatable bonds is 1. The molecule has 0 heterocycles. The van der Waals surface area contributed by atoms with Gasteiger partial charge in [-0.25, -0.2) is 0 Å². The fourth-order valence-corrected chi connectivity index (χ4v) is 1.04. The Bertz CT molecular complexity index is 271. The summed E-state index contributed by atoms with van der Waals surface area (Å²) in [7, 11) is 0. The Morgan fingerprint density at radius 1 is 1.08 bits per heavy atom. The van der Waals surface area contributed by atoms with Crippen LogP contribution < -0.4 is 0 Å². The first-order valence-corrected chi connectivity index (χ1v) is 4.04. The largest absolute Gasteiger partial charge is 0.395 e. The summed E-state index contributed by atoms with van der Waals surface area (Å²) in [6.07, 6.45) is -4.14. The normalized spacial score (nSPS) is 14.2. The van der Waals surface area contributed by atoms with E-state index in [0.29, 0.717) is 5.56 Å². The van der Waals surface area contributed by atoms with Crippen LogP contribution in [0.25, 0.3) is 0 Å². The van der Waals surface area contributed by atoms with Gasteiger partial charge in [0.05, 0.1) is 5.92 Å². The lowest BCUT2D eigenvalue weighted by molar-refractivity contribution is -0.146. The highest BCUT2D eigenvalue weighted by Crippen LogP contribution is 2.33. The fourth-order valence-electron chi connectivity index (χ4n) is 1.04. The van der Waals surface area contributed by atoms with Crippen LogP contribution in [0.5, 0.6) is 0 Å². The molecule has 0 fully saturated rings. The van der Waals surface area contributed by atoms with E-state index in [0.717, 1.165) is 5.56 Å². The molecule has 0 bridgehead atoms. The minimum absolute atomic E-state index is 0.318. The van der Waals surface area contributed by atoms with Gasteiger partial charge in [-0.2, -0.15) is 13.2 Å². The first kappa shape index (κ1) is 10.1. The first-order valence-electron chi connectivity index (χ1n) is 4.04. The Hall–Kier alpha value is -0.990. The molecule has 0 N–H and O–H groups in total. The monoisotopic (exact) mass is 188 g/mol. The molecule has 0 nitrogen and oxygen atoms in total. The maximum Gasteiger partial charge on any atom is 0.395 e. The summed E-state index contributed by atoms with van der Waals surface area (Å²) < 4.78 is 36.7. The molecule has 0 saturated carbocycles. The number of alkyl halides is 3. The van der Waals surface area contributed by atoms with Gasteiger partial charge in [-0.3, -0.25) is 0 Å². The summed E-state index contributed by atoms with van der Waals surface area (Å²) in [6.45, 7) is 3.02. The third kappa shape index (κ3) is 2.47. The van der Waals surface area contributed by atoms with Crippen LogP contribution in [-0.4, -0.2) is 6.18 Å². The van der Waals surface area contributed by atoms with Gasteiger partial charge in [-0.05, 0) is 19.4 Å². The number of halogens is 3. The van der Waals surface area contributed by atoms with Crippen molar-refractivity contribution in [3.05, 3.63) is 35.4 Å². The van der Waals surface area contributed by atoms with Crippen LogP contribution in [0.2, 0.25) is 0 Å². The summed E-state index contributed by atoms with van der Waals surface area (Å²) >= 11 is 0. The van der Waals surface area contributed by atoms with E-state index < -0.39 is 12.1 Å². The van der Waals surface area contributed by atoms with Crippen LogP contribution in [0.15, 0.2) is 24.3 Å². The lowest BCUT2D eigenvalue weighted by Crippen LogP contribution is -2.17. The summed E-state index contributed by atoms with van der Waals surface area (Å²) in [5.41, 5.74) is 1.29. The van der Waals surface area contributed by atoms with Crippen molar-refractivity contribution in [2.45, 2.75) is 25.9 Å². The second kappa shape index (κ2) is 3.40. The van der Waals surface area contributed by atoms with Crippen molar-refractivity contribution >= 4 is 0 Å². The topological polar surface area (TPSA) is 0 Å². The van der Waals surface area contributed by atoms with Gasteiger partial charge in [0.15, 0.2) is 0 Å². The Kier molecular flexibility index (Phi) is 2.64. The molecule has 0 unspecified atom stereocenters. The maximum absolute atomic E-state index is 12.2. The maximum atomic E-state index is 12.2.